The fraction of sp³-hybridized carbons (Fsp3) is 0.632. The molecule has 4 nitrogen and oxygen atoms in total. The maximum absolute atomic E-state index is 12.8. The van der Waals surface area contributed by atoms with Crippen LogP contribution in [0, 0.1) is 5.92 Å². The molecule has 2 aliphatic rings. The fourth-order valence-corrected chi connectivity index (χ4v) is 5.54. The second-order valence-electron chi connectivity index (χ2n) is 8.16. The highest BCUT2D eigenvalue weighted by Gasteiger charge is 2.39. The molecular weight excluding hydrogens is 322 g/mol. The zero-order valence-electron chi connectivity index (χ0n) is 14.8. The lowest BCUT2D eigenvalue weighted by Gasteiger charge is -2.28. The first kappa shape index (κ1) is 17.5. The van der Waals surface area contributed by atoms with Gasteiger partial charge in [0.2, 0.25) is 5.91 Å². The Balaban J connectivity index is 1.77. The quantitative estimate of drug-likeness (QED) is 0.824. The SMILES string of the molecule is CC(C)(C)c1ccc([C@H]2CCCN2C(=O)[C@H]2CCS(=O)(=O)C2)cc1. The summed E-state index contributed by atoms with van der Waals surface area (Å²) in [4.78, 5) is 14.7. The molecule has 5 heteroatoms. The molecule has 0 saturated carbocycles. The molecular formula is C19H27NO3S. The van der Waals surface area contributed by atoms with Gasteiger partial charge in [0.25, 0.3) is 0 Å². The Morgan fingerprint density at radius 2 is 1.79 bits per heavy atom. The predicted molar refractivity (Wildman–Crippen MR) is 95.6 cm³/mol. The number of rotatable bonds is 2. The minimum absolute atomic E-state index is 0.0258. The van der Waals surface area contributed by atoms with E-state index in [1.54, 1.807) is 0 Å². The molecule has 132 valence electrons. The lowest BCUT2D eigenvalue weighted by atomic mass is 9.86. The molecule has 0 spiro atoms. The largest absolute Gasteiger partial charge is 0.335 e. The van der Waals surface area contributed by atoms with Crippen molar-refractivity contribution in [2.45, 2.75) is 51.5 Å². The Bertz CT molecular complexity index is 716. The first-order valence-corrected chi connectivity index (χ1v) is 10.6. The highest BCUT2D eigenvalue weighted by molar-refractivity contribution is 7.91. The molecule has 0 unspecified atom stereocenters. The van der Waals surface area contributed by atoms with Crippen LogP contribution in [0.15, 0.2) is 24.3 Å². The molecule has 2 aliphatic heterocycles. The van der Waals surface area contributed by atoms with Gasteiger partial charge in [-0.1, -0.05) is 45.0 Å². The summed E-state index contributed by atoms with van der Waals surface area (Å²) in [5, 5.41) is 0. The highest BCUT2D eigenvalue weighted by Crippen LogP contribution is 2.35. The molecule has 0 aromatic heterocycles. The van der Waals surface area contributed by atoms with Crippen molar-refractivity contribution in [2.75, 3.05) is 18.1 Å². The van der Waals surface area contributed by atoms with Gasteiger partial charge in [-0.3, -0.25) is 4.79 Å². The van der Waals surface area contributed by atoms with Gasteiger partial charge in [0.1, 0.15) is 0 Å². The fourth-order valence-electron chi connectivity index (χ4n) is 3.81. The van der Waals surface area contributed by atoms with Crippen molar-refractivity contribution in [1.82, 2.24) is 4.90 Å². The van der Waals surface area contributed by atoms with Crippen LogP contribution in [-0.2, 0) is 20.0 Å². The molecule has 24 heavy (non-hydrogen) atoms. The van der Waals surface area contributed by atoms with Crippen LogP contribution in [0.4, 0.5) is 0 Å². The number of sulfone groups is 1. The Kier molecular flexibility index (Phi) is 4.49. The second kappa shape index (κ2) is 6.17. The van der Waals surface area contributed by atoms with Gasteiger partial charge >= 0.3 is 0 Å². The number of carbonyl (C=O) groups excluding carboxylic acids is 1. The molecule has 2 heterocycles. The van der Waals surface area contributed by atoms with Crippen molar-refractivity contribution < 1.29 is 13.2 Å². The molecule has 0 radical (unpaired) electrons. The summed E-state index contributed by atoms with van der Waals surface area (Å²) in [6.45, 7) is 7.30. The van der Waals surface area contributed by atoms with E-state index in [0.717, 1.165) is 24.9 Å². The second-order valence-corrected chi connectivity index (χ2v) is 10.4. The number of nitrogens with zero attached hydrogens (tertiary/aromatic N) is 1. The van der Waals surface area contributed by atoms with E-state index in [9.17, 15) is 13.2 Å². The monoisotopic (exact) mass is 349 g/mol. The first-order chi connectivity index (χ1) is 11.2. The van der Waals surface area contributed by atoms with Gasteiger partial charge in [-0.25, -0.2) is 8.42 Å². The van der Waals surface area contributed by atoms with E-state index in [-0.39, 0.29) is 34.8 Å². The first-order valence-electron chi connectivity index (χ1n) is 8.79. The predicted octanol–water partition coefficient (Wildman–Crippen LogP) is 3.08. The summed E-state index contributed by atoms with van der Waals surface area (Å²) < 4.78 is 23.3. The van der Waals surface area contributed by atoms with Crippen LogP contribution < -0.4 is 0 Å². The zero-order valence-corrected chi connectivity index (χ0v) is 15.6. The lowest BCUT2D eigenvalue weighted by molar-refractivity contribution is -0.135. The van der Waals surface area contributed by atoms with Crippen molar-refractivity contribution >= 4 is 15.7 Å². The lowest BCUT2D eigenvalue weighted by Crippen LogP contribution is -2.36. The van der Waals surface area contributed by atoms with Crippen molar-refractivity contribution in [3.8, 4) is 0 Å². The molecule has 0 aliphatic carbocycles. The van der Waals surface area contributed by atoms with E-state index in [1.807, 2.05) is 4.90 Å². The van der Waals surface area contributed by atoms with E-state index in [4.69, 9.17) is 0 Å². The summed E-state index contributed by atoms with van der Waals surface area (Å²) in [5.74, 6) is -0.136. The van der Waals surface area contributed by atoms with E-state index in [2.05, 4.69) is 45.0 Å². The number of benzene rings is 1. The summed E-state index contributed by atoms with van der Waals surface area (Å²) in [7, 11) is -3.02. The highest BCUT2D eigenvalue weighted by atomic mass is 32.2. The third-order valence-electron chi connectivity index (χ3n) is 5.28. The molecule has 1 aromatic carbocycles. The number of hydrogen-bond donors (Lipinski definition) is 0. The van der Waals surface area contributed by atoms with Crippen LogP contribution >= 0.6 is 0 Å². The molecule has 0 bridgehead atoms. The van der Waals surface area contributed by atoms with E-state index in [0.29, 0.717) is 6.42 Å². The van der Waals surface area contributed by atoms with Gasteiger partial charge in [-0.2, -0.15) is 0 Å². The van der Waals surface area contributed by atoms with Gasteiger partial charge in [0.05, 0.1) is 23.5 Å². The van der Waals surface area contributed by atoms with Crippen LogP contribution in [0.25, 0.3) is 0 Å². The van der Waals surface area contributed by atoms with Gasteiger partial charge in [-0.05, 0) is 35.8 Å². The number of likely N-dealkylation sites (tertiary alicyclic amines) is 1. The summed E-state index contributed by atoms with van der Waals surface area (Å²) >= 11 is 0. The topological polar surface area (TPSA) is 54.5 Å². The van der Waals surface area contributed by atoms with Crippen molar-refractivity contribution in [3.63, 3.8) is 0 Å². The maximum Gasteiger partial charge on any atom is 0.227 e. The molecule has 0 N–H and O–H groups in total. The minimum atomic E-state index is -3.02. The smallest absolute Gasteiger partial charge is 0.227 e. The van der Waals surface area contributed by atoms with Gasteiger partial charge in [0.15, 0.2) is 9.84 Å². The Morgan fingerprint density at radius 1 is 1.12 bits per heavy atom. The molecule has 1 amide bonds. The third-order valence-corrected chi connectivity index (χ3v) is 7.05. The standard InChI is InChI=1S/C19H27NO3S/c1-19(2,3)16-8-6-14(7-9-16)17-5-4-11-20(17)18(21)15-10-12-24(22,23)13-15/h6-9,15,17H,4-5,10-13H2,1-3H3/t15-,17+/m0/s1. The maximum atomic E-state index is 12.8. The molecule has 1 aromatic rings. The number of hydrogen-bond acceptors (Lipinski definition) is 3. The van der Waals surface area contributed by atoms with Crippen LogP contribution in [0.2, 0.25) is 0 Å². The van der Waals surface area contributed by atoms with Crippen LogP contribution in [0.3, 0.4) is 0 Å². The summed E-state index contributed by atoms with van der Waals surface area (Å²) in [6.07, 6.45) is 2.42. The van der Waals surface area contributed by atoms with Crippen LogP contribution in [0.5, 0.6) is 0 Å². The average Bonchev–Trinajstić information content (AvgIpc) is 3.12. The van der Waals surface area contributed by atoms with Crippen molar-refractivity contribution in [1.29, 1.82) is 0 Å². The summed E-state index contributed by atoms with van der Waals surface area (Å²) in [5.41, 5.74) is 2.56. The van der Waals surface area contributed by atoms with E-state index < -0.39 is 9.84 Å². The van der Waals surface area contributed by atoms with Crippen LogP contribution in [-0.4, -0.2) is 37.3 Å². The molecule has 2 saturated heterocycles. The molecule has 2 atom stereocenters. The molecule has 2 fully saturated rings. The van der Waals surface area contributed by atoms with Crippen molar-refractivity contribution in [2.24, 2.45) is 5.92 Å². The number of carbonyl (C=O) groups is 1. The van der Waals surface area contributed by atoms with Crippen molar-refractivity contribution in [3.05, 3.63) is 35.4 Å². The number of amides is 1. The Labute approximate surface area is 145 Å². The van der Waals surface area contributed by atoms with E-state index >= 15 is 0 Å². The average molecular weight is 349 g/mol. The third kappa shape index (κ3) is 3.51. The van der Waals surface area contributed by atoms with Crippen LogP contribution in [0.1, 0.15) is 57.2 Å². The van der Waals surface area contributed by atoms with E-state index in [1.165, 1.54) is 5.56 Å². The normalized spacial score (nSPS) is 26.7. The Morgan fingerprint density at radius 3 is 2.33 bits per heavy atom. The summed E-state index contributed by atoms with van der Waals surface area (Å²) in [6, 6.07) is 8.65. The van der Waals surface area contributed by atoms with Gasteiger partial charge < -0.3 is 4.90 Å². The van der Waals surface area contributed by atoms with Gasteiger partial charge in [0, 0.05) is 6.54 Å². The Hall–Kier alpha value is -1.36. The van der Waals surface area contributed by atoms with Gasteiger partial charge in [-0.15, -0.1) is 0 Å². The zero-order chi connectivity index (χ0) is 17.5. The minimum Gasteiger partial charge on any atom is -0.335 e. The molecule has 3 rings (SSSR count).